The summed E-state index contributed by atoms with van der Waals surface area (Å²) in [7, 11) is 0. The molecule has 1 aromatic carbocycles. The van der Waals surface area contributed by atoms with E-state index in [1.165, 1.54) is 12.1 Å². The van der Waals surface area contributed by atoms with Crippen molar-refractivity contribution < 1.29 is 14.6 Å². The summed E-state index contributed by atoms with van der Waals surface area (Å²) >= 11 is 0. The van der Waals surface area contributed by atoms with Gasteiger partial charge in [0.25, 0.3) is 0 Å². The van der Waals surface area contributed by atoms with E-state index in [-0.39, 0.29) is 11.9 Å². The van der Waals surface area contributed by atoms with Crippen LogP contribution in [0.15, 0.2) is 24.3 Å². The van der Waals surface area contributed by atoms with E-state index in [0.29, 0.717) is 18.7 Å². The maximum absolute atomic E-state index is 13.1. The zero-order valence-electron chi connectivity index (χ0n) is 11.9. The smallest absolute Gasteiger partial charge is 0.123 e. The highest BCUT2D eigenvalue weighted by molar-refractivity contribution is 5.19. The minimum atomic E-state index is -0.658. The second-order valence-electron chi connectivity index (χ2n) is 5.52. The molecule has 1 aromatic rings. The zero-order valence-corrected chi connectivity index (χ0v) is 11.9. The molecule has 2 rings (SSSR count). The molecule has 20 heavy (non-hydrogen) atoms. The van der Waals surface area contributed by atoms with Crippen LogP contribution >= 0.6 is 0 Å². The van der Waals surface area contributed by atoms with Crippen LogP contribution < -0.4 is 0 Å². The van der Waals surface area contributed by atoms with Gasteiger partial charge in [0.15, 0.2) is 0 Å². The number of aliphatic hydroxyl groups excluding tert-OH is 2. The van der Waals surface area contributed by atoms with Gasteiger partial charge in [0.05, 0.1) is 12.2 Å². The van der Waals surface area contributed by atoms with Gasteiger partial charge < -0.3 is 10.2 Å². The highest BCUT2D eigenvalue weighted by atomic mass is 19.1. The summed E-state index contributed by atoms with van der Waals surface area (Å²) in [6, 6.07) is 6.13. The van der Waals surface area contributed by atoms with Crippen molar-refractivity contribution in [3.05, 3.63) is 35.6 Å². The van der Waals surface area contributed by atoms with Gasteiger partial charge in [0.1, 0.15) is 5.82 Å². The van der Waals surface area contributed by atoms with E-state index in [1.807, 2.05) is 0 Å². The molecular weight excluding hydrogens is 259 g/mol. The lowest BCUT2D eigenvalue weighted by Crippen LogP contribution is -2.49. The Labute approximate surface area is 119 Å². The molecule has 0 amide bonds. The van der Waals surface area contributed by atoms with Crippen LogP contribution in [0, 0.1) is 5.82 Å². The lowest BCUT2D eigenvalue weighted by molar-refractivity contribution is 0.0526. The Morgan fingerprint density at radius 3 is 2.25 bits per heavy atom. The maximum Gasteiger partial charge on any atom is 0.123 e. The molecule has 0 radical (unpaired) electrons. The normalized spacial score (nSPS) is 20.8. The number of aliphatic hydroxyl groups is 2. The van der Waals surface area contributed by atoms with Crippen molar-refractivity contribution in [2.45, 2.75) is 19.1 Å². The Hall–Kier alpha value is -1.01. The van der Waals surface area contributed by atoms with Crippen LogP contribution in [0.2, 0.25) is 0 Å². The van der Waals surface area contributed by atoms with E-state index in [1.54, 1.807) is 19.1 Å². The molecule has 1 aliphatic heterocycles. The average Bonchev–Trinajstić information content (AvgIpc) is 2.40. The van der Waals surface area contributed by atoms with Gasteiger partial charge in [-0.15, -0.1) is 0 Å². The van der Waals surface area contributed by atoms with Crippen molar-refractivity contribution in [1.29, 1.82) is 0 Å². The lowest BCUT2D eigenvalue weighted by atomic mass is 10.1. The van der Waals surface area contributed by atoms with E-state index < -0.39 is 6.10 Å². The summed E-state index contributed by atoms with van der Waals surface area (Å²) in [6.07, 6.45) is -0.964. The van der Waals surface area contributed by atoms with Crippen LogP contribution in [0.3, 0.4) is 0 Å². The van der Waals surface area contributed by atoms with Gasteiger partial charge in [-0.1, -0.05) is 12.1 Å². The standard InChI is InChI=1S/C15H23FN2O2/c1-12(19)10-17-5-7-18(8-6-17)11-15(20)13-3-2-4-14(16)9-13/h2-4,9,12,15,19-20H,5-8,10-11H2,1H3/t12-,15-/m0/s1. The predicted octanol–water partition coefficient (Wildman–Crippen LogP) is 0.857. The van der Waals surface area contributed by atoms with Crippen molar-refractivity contribution in [3.8, 4) is 0 Å². The number of halogens is 1. The molecule has 1 saturated heterocycles. The molecule has 0 spiro atoms. The predicted molar refractivity (Wildman–Crippen MR) is 75.9 cm³/mol. The summed E-state index contributed by atoms with van der Waals surface area (Å²) in [4.78, 5) is 4.39. The SMILES string of the molecule is C[C@H](O)CN1CCN(C[C@H](O)c2cccc(F)c2)CC1. The van der Waals surface area contributed by atoms with Gasteiger partial charge in [0, 0.05) is 39.3 Å². The van der Waals surface area contributed by atoms with Gasteiger partial charge in [-0.2, -0.15) is 0 Å². The van der Waals surface area contributed by atoms with Crippen LogP contribution in [-0.2, 0) is 0 Å². The Kier molecular flexibility index (Phi) is 5.48. The number of nitrogens with zero attached hydrogens (tertiary/aromatic N) is 2. The summed E-state index contributed by atoms with van der Waals surface area (Å²) in [6.45, 7) is 6.51. The fourth-order valence-corrected chi connectivity index (χ4v) is 2.59. The van der Waals surface area contributed by atoms with Crippen molar-refractivity contribution in [2.75, 3.05) is 39.3 Å². The molecule has 5 heteroatoms. The molecule has 2 atom stereocenters. The van der Waals surface area contributed by atoms with Crippen molar-refractivity contribution >= 4 is 0 Å². The van der Waals surface area contributed by atoms with Crippen LogP contribution in [0.1, 0.15) is 18.6 Å². The molecule has 0 bridgehead atoms. The number of hydrogen-bond donors (Lipinski definition) is 2. The molecule has 1 fully saturated rings. The fraction of sp³-hybridized carbons (Fsp3) is 0.600. The topological polar surface area (TPSA) is 46.9 Å². The van der Waals surface area contributed by atoms with E-state index in [9.17, 15) is 14.6 Å². The van der Waals surface area contributed by atoms with E-state index in [0.717, 1.165) is 26.2 Å². The minimum absolute atomic E-state index is 0.306. The molecule has 2 N–H and O–H groups in total. The van der Waals surface area contributed by atoms with Gasteiger partial charge in [-0.3, -0.25) is 9.80 Å². The zero-order chi connectivity index (χ0) is 14.5. The summed E-state index contributed by atoms with van der Waals surface area (Å²) in [5, 5.41) is 19.5. The monoisotopic (exact) mass is 282 g/mol. The van der Waals surface area contributed by atoms with Crippen LogP contribution in [0.25, 0.3) is 0 Å². The van der Waals surface area contributed by atoms with Crippen LogP contribution in [0.5, 0.6) is 0 Å². The Morgan fingerprint density at radius 2 is 1.70 bits per heavy atom. The maximum atomic E-state index is 13.1. The quantitative estimate of drug-likeness (QED) is 0.841. The Balaban J connectivity index is 1.80. The molecule has 0 unspecified atom stereocenters. The number of rotatable bonds is 5. The summed E-state index contributed by atoms with van der Waals surface area (Å²) in [5.74, 6) is -0.316. The second-order valence-corrected chi connectivity index (χ2v) is 5.52. The molecule has 1 aliphatic rings. The largest absolute Gasteiger partial charge is 0.392 e. The van der Waals surface area contributed by atoms with Gasteiger partial charge in [-0.05, 0) is 24.6 Å². The van der Waals surface area contributed by atoms with Gasteiger partial charge >= 0.3 is 0 Å². The van der Waals surface area contributed by atoms with Crippen molar-refractivity contribution in [3.63, 3.8) is 0 Å². The first-order valence-corrected chi connectivity index (χ1v) is 7.11. The fourth-order valence-electron chi connectivity index (χ4n) is 2.59. The molecular formula is C15H23FN2O2. The minimum Gasteiger partial charge on any atom is -0.392 e. The second kappa shape index (κ2) is 7.13. The Morgan fingerprint density at radius 1 is 1.10 bits per heavy atom. The summed E-state index contributed by atoms with van der Waals surface area (Å²) < 4.78 is 13.1. The summed E-state index contributed by atoms with van der Waals surface area (Å²) in [5.41, 5.74) is 0.622. The third-order valence-electron chi connectivity index (χ3n) is 3.65. The van der Waals surface area contributed by atoms with Crippen LogP contribution in [-0.4, -0.2) is 65.4 Å². The first-order chi connectivity index (χ1) is 9.54. The number of piperazine rings is 1. The Bertz CT molecular complexity index is 420. The van der Waals surface area contributed by atoms with Crippen molar-refractivity contribution in [1.82, 2.24) is 9.80 Å². The number of β-amino-alcohol motifs (C(OH)–C–C–N with tert-alkyl or cyclic N) is 2. The van der Waals surface area contributed by atoms with E-state index >= 15 is 0 Å². The number of benzene rings is 1. The molecule has 0 aliphatic carbocycles. The highest BCUT2D eigenvalue weighted by Crippen LogP contribution is 2.16. The molecule has 4 nitrogen and oxygen atoms in total. The first kappa shape index (κ1) is 15.4. The third-order valence-corrected chi connectivity index (χ3v) is 3.65. The first-order valence-electron chi connectivity index (χ1n) is 7.11. The molecule has 1 heterocycles. The van der Waals surface area contributed by atoms with Crippen molar-refractivity contribution in [2.24, 2.45) is 0 Å². The lowest BCUT2D eigenvalue weighted by Gasteiger charge is -2.36. The van der Waals surface area contributed by atoms with Gasteiger partial charge in [-0.25, -0.2) is 4.39 Å². The molecule has 112 valence electrons. The highest BCUT2D eigenvalue weighted by Gasteiger charge is 2.20. The van der Waals surface area contributed by atoms with E-state index in [2.05, 4.69) is 9.80 Å². The van der Waals surface area contributed by atoms with E-state index in [4.69, 9.17) is 0 Å². The third kappa shape index (κ3) is 4.52. The molecule has 0 saturated carbocycles. The average molecular weight is 282 g/mol. The molecule has 0 aromatic heterocycles. The van der Waals surface area contributed by atoms with Crippen LogP contribution in [0.4, 0.5) is 4.39 Å². The van der Waals surface area contributed by atoms with Gasteiger partial charge in [0.2, 0.25) is 0 Å². The number of hydrogen-bond acceptors (Lipinski definition) is 4.